The number of amides is 1. The molecular weight excluding hydrogens is 396 g/mol. The van der Waals surface area contributed by atoms with Crippen LogP contribution in [0.3, 0.4) is 0 Å². The van der Waals surface area contributed by atoms with E-state index in [2.05, 4.69) is 22.2 Å². The molecule has 8 heteroatoms. The molecule has 1 amide bonds. The molecular formula is C21H23ClN2O5. The molecule has 0 heterocycles. The van der Waals surface area contributed by atoms with Gasteiger partial charge in [-0.05, 0) is 35.2 Å². The molecule has 7 nitrogen and oxygen atoms in total. The van der Waals surface area contributed by atoms with Crippen molar-refractivity contribution in [2.75, 3.05) is 20.8 Å². The first-order chi connectivity index (χ1) is 14.0. The zero-order chi connectivity index (χ0) is 21.2. The standard InChI is InChI=1S/C21H23ClN2O5/c1-4-14-5-7-15(8-6-14)11-19(25)24-23-12-16-9-17(22)21(18(10-16)27-2)29-13-20(26)28-3/h5-10,12H,4,11,13H2,1-3H3,(H,24,25)/b23-12+. The molecule has 0 aromatic heterocycles. The maximum Gasteiger partial charge on any atom is 0.343 e. The Morgan fingerprint density at radius 3 is 2.45 bits per heavy atom. The second-order valence-electron chi connectivity index (χ2n) is 6.04. The van der Waals surface area contributed by atoms with Gasteiger partial charge in [0, 0.05) is 0 Å². The lowest BCUT2D eigenvalue weighted by Gasteiger charge is -2.12. The maximum absolute atomic E-state index is 12.0. The number of nitrogens with one attached hydrogen (secondary N) is 1. The summed E-state index contributed by atoms with van der Waals surface area (Å²) in [6.07, 6.45) is 2.62. The van der Waals surface area contributed by atoms with Crippen molar-refractivity contribution in [2.24, 2.45) is 5.10 Å². The Hall–Kier alpha value is -3.06. The molecule has 29 heavy (non-hydrogen) atoms. The Balaban J connectivity index is 1.99. The van der Waals surface area contributed by atoms with Crippen LogP contribution in [-0.4, -0.2) is 38.9 Å². The topological polar surface area (TPSA) is 86.2 Å². The summed E-state index contributed by atoms with van der Waals surface area (Å²) >= 11 is 6.21. The molecule has 0 atom stereocenters. The van der Waals surface area contributed by atoms with Gasteiger partial charge in [0.1, 0.15) is 0 Å². The Bertz CT molecular complexity index is 881. The third-order valence-electron chi connectivity index (χ3n) is 4.01. The molecule has 0 bridgehead atoms. The van der Waals surface area contributed by atoms with Gasteiger partial charge in [-0.25, -0.2) is 10.2 Å². The highest BCUT2D eigenvalue weighted by Crippen LogP contribution is 2.36. The summed E-state index contributed by atoms with van der Waals surface area (Å²) in [5, 5.41) is 4.18. The molecule has 0 spiro atoms. The van der Waals surface area contributed by atoms with Crippen molar-refractivity contribution in [2.45, 2.75) is 19.8 Å². The largest absolute Gasteiger partial charge is 0.493 e. The van der Waals surface area contributed by atoms with Crippen LogP contribution in [0.25, 0.3) is 0 Å². The number of carbonyl (C=O) groups excluding carboxylic acids is 2. The first kappa shape index (κ1) is 22.2. The first-order valence-electron chi connectivity index (χ1n) is 8.93. The molecule has 0 saturated carbocycles. The molecule has 154 valence electrons. The number of nitrogens with zero attached hydrogens (tertiary/aromatic N) is 1. The lowest BCUT2D eigenvalue weighted by Crippen LogP contribution is -2.19. The molecule has 0 saturated heterocycles. The van der Waals surface area contributed by atoms with E-state index in [1.807, 2.05) is 24.3 Å². The number of aryl methyl sites for hydroxylation is 1. The minimum Gasteiger partial charge on any atom is -0.493 e. The van der Waals surface area contributed by atoms with E-state index >= 15 is 0 Å². The van der Waals surface area contributed by atoms with E-state index in [-0.39, 0.29) is 29.7 Å². The number of rotatable bonds is 9. The highest BCUT2D eigenvalue weighted by molar-refractivity contribution is 6.32. The highest BCUT2D eigenvalue weighted by Gasteiger charge is 2.13. The number of benzene rings is 2. The minimum atomic E-state index is -0.541. The number of hydrogen-bond donors (Lipinski definition) is 1. The third kappa shape index (κ3) is 6.80. The van der Waals surface area contributed by atoms with Gasteiger partial charge in [0.2, 0.25) is 5.91 Å². The quantitative estimate of drug-likeness (QED) is 0.384. The van der Waals surface area contributed by atoms with Crippen molar-refractivity contribution in [1.29, 1.82) is 0 Å². The van der Waals surface area contributed by atoms with Crippen LogP contribution >= 0.6 is 11.6 Å². The van der Waals surface area contributed by atoms with Crippen LogP contribution in [0, 0.1) is 0 Å². The summed E-state index contributed by atoms with van der Waals surface area (Å²) in [6.45, 7) is 1.78. The number of esters is 1. The summed E-state index contributed by atoms with van der Waals surface area (Å²) in [7, 11) is 2.71. The molecule has 0 aliphatic carbocycles. The van der Waals surface area contributed by atoms with Gasteiger partial charge in [-0.2, -0.15) is 5.10 Å². The van der Waals surface area contributed by atoms with Crippen molar-refractivity contribution in [1.82, 2.24) is 5.43 Å². The Morgan fingerprint density at radius 2 is 1.83 bits per heavy atom. The van der Waals surface area contributed by atoms with Crippen LogP contribution in [0.15, 0.2) is 41.5 Å². The molecule has 1 N–H and O–H groups in total. The second kappa shape index (κ2) is 11.1. The molecule has 2 rings (SSSR count). The average Bonchev–Trinajstić information content (AvgIpc) is 2.72. The van der Waals surface area contributed by atoms with E-state index in [1.165, 1.54) is 26.0 Å². The lowest BCUT2D eigenvalue weighted by atomic mass is 10.1. The zero-order valence-corrected chi connectivity index (χ0v) is 17.3. The lowest BCUT2D eigenvalue weighted by molar-refractivity contribution is -0.142. The van der Waals surface area contributed by atoms with Gasteiger partial charge in [0.15, 0.2) is 18.1 Å². The van der Waals surface area contributed by atoms with Gasteiger partial charge >= 0.3 is 5.97 Å². The van der Waals surface area contributed by atoms with E-state index < -0.39 is 5.97 Å². The van der Waals surface area contributed by atoms with Crippen molar-refractivity contribution < 1.29 is 23.8 Å². The number of hydrogen-bond acceptors (Lipinski definition) is 6. The van der Waals surface area contributed by atoms with Gasteiger partial charge < -0.3 is 14.2 Å². The van der Waals surface area contributed by atoms with Crippen LogP contribution in [0.5, 0.6) is 11.5 Å². The second-order valence-corrected chi connectivity index (χ2v) is 6.45. The van der Waals surface area contributed by atoms with Crippen LogP contribution in [0.2, 0.25) is 5.02 Å². The summed E-state index contributed by atoms with van der Waals surface area (Å²) in [5.41, 5.74) is 5.20. The monoisotopic (exact) mass is 418 g/mol. The number of carbonyl (C=O) groups is 2. The predicted octanol–water partition coefficient (Wildman–Crippen LogP) is 3.16. The highest BCUT2D eigenvalue weighted by atomic mass is 35.5. The summed E-state index contributed by atoms with van der Waals surface area (Å²) in [4.78, 5) is 23.3. The van der Waals surface area contributed by atoms with Crippen LogP contribution in [0.1, 0.15) is 23.6 Å². The Morgan fingerprint density at radius 1 is 1.14 bits per heavy atom. The van der Waals surface area contributed by atoms with E-state index in [1.54, 1.807) is 12.1 Å². The molecule has 2 aromatic carbocycles. The number of hydrazone groups is 1. The molecule has 0 aliphatic heterocycles. The summed E-state index contributed by atoms with van der Waals surface area (Å²) in [5.74, 6) is -0.233. The summed E-state index contributed by atoms with van der Waals surface area (Å²) in [6, 6.07) is 11.1. The van der Waals surface area contributed by atoms with Gasteiger partial charge in [-0.15, -0.1) is 0 Å². The van der Waals surface area contributed by atoms with E-state index in [4.69, 9.17) is 21.1 Å². The number of ether oxygens (including phenoxy) is 3. The predicted molar refractivity (Wildman–Crippen MR) is 111 cm³/mol. The van der Waals surface area contributed by atoms with Crippen molar-refractivity contribution in [3.05, 3.63) is 58.1 Å². The molecule has 0 radical (unpaired) electrons. The minimum absolute atomic E-state index is 0.219. The van der Waals surface area contributed by atoms with Crippen LogP contribution < -0.4 is 14.9 Å². The SMILES string of the molecule is CCc1ccc(CC(=O)N/N=C/c2cc(Cl)c(OCC(=O)OC)c(OC)c2)cc1. The number of halogens is 1. The van der Waals surface area contributed by atoms with E-state index in [0.29, 0.717) is 11.3 Å². The fourth-order valence-corrected chi connectivity index (χ4v) is 2.71. The zero-order valence-electron chi connectivity index (χ0n) is 16.5. The molecule has 2 aromatic rings. The fraction of sp³-hybridized carbons (Fsp3) is 0.286. The summed E-state index contributed by atoms with van der Waals surface area (Å²) < 4.78 is 15.1. The van der Waals surface area contributed by atoms with Crippen molar-refractivity contribution in [3.8, 4) is 11.5 Å². The van der Waals surface area contributed by atoms with Gasteiger partial charge in [0.05, 0.1) is 31.9 Å². The first-order valence-corrected chi connectivity index (χ1v) is 9.31. The Kier molecular flexibility index (Phi) is 8.48. The normalized spacial score (nSPS) is 10.6. The average molecular weight is 419 g/mol. The van der Waals surface area contributed by atoms with Crippen LogP contribution in [0.4, 0.5) is 0 Å². The number of methoxy groups -OCH3 is 2. The smallest absolute Gasteiger partial charge is 0.343 e. The maximum atomic E-state index is 12.0. The van der Waals surface area contributed by atoms with Crippen LogP contribution in [-0.2, 0) is 27.2 Å². The van der Waals surface area contributed by atoms with Gasteiger partial charge in [-0.3, -0.25) is 4.79 Å². The van der Waals surface area contributed by atoms with Gasteiger partial charge in [0.25, 0.3) is 0 Å². The molecule has 0 unspecified atom stereocenters. The molecule has 0 fully saturated rings. The van der Waals surface area contributed by atoms with Crippen molar-refractivity contribution in [3.63, 3.8) is 0 Å². The Labute approximate surface area is 174 Å². The molecule has 0 aliphatic rings. The fourth-order valence-electron chi connectivity index (χ4n) is 2.44. The van der Waals surface area contributed by atoms with Crippen molar-refractivity contribution >= 4 is 29.7 Å². The van der Waals surface area contributed by atoms with E-state index in [9.17, 15) is 9.59 Å². The van der Waals surface area contributed by atoms with Gasteiger partial charge in [-0.1, -0.05) is 42.8 Å². The van der Waals surface area contributed by atoms with E-state index in [0.717, 1.165) is 12.0 Å². The third-order valence-corrected chi connectivity index (χ3v) is 4.29.